The van der Waals surface area contributed by atoms with Crippen molar-refractivity contribution >= 4 is 0 Å². The zero-order chi connectivity index (χ0) is 13.3. The maximum Gasteiger partial charge on any atom is 0.0702 e. The molecule has 0 N–H and O–H groups in total. The Hall–Kier alpha value is -2.48. The molecule has 2 heteroatoms. The SMILES string of the molecule is Cc1ccc(-c2ccccc2)nc1.c1ccncc1. The van der Waals surface area contributed by atoms with Gasteiger partial charge in [-0.05, 0) is 30.7 Å². The second-order valence-corrected chi connectivity index (χ2v) is 4.11. The van der Waals surface area contributed by atoms with Gasteiger partial charge in [0.2, 0.25) is 0 Å². The molecule has 2 heterocycles. The van der Waals surface area contributed by atoms with Crippen LogP contribution in [0.15, 0.2) is 79.3 Å². The quantitative estimate of drug-likeness (QED) is 0.647. The lowest BCUT2D eigenvalue weighted by atomic mass is 10.1. The predicted octanol–water partition coefficient (Wildman–Crippen LogP) is 4.14. The van der Waals surface area contributed by atoms with Gasteiger partial charge in [-0.15, -0.1) is 0 Å². The van der Waals surface area contributed by atoms with Crippen LogP contribution in [0.2, 0.25) is 0 Å². The van der Waals surface area contributed by atoms with Gasteiger partial charge in [-0.3, -0.25) is 9.97 Å². The van der Waals surface area contributed by atoms with E-state index < -0.39 is 0 Å². The van der Waals surface area contributed by atoms with Gasteiger partial charge in [-0.2, -0.15) is 0 Å². The molecule has 94 valence electrons. The van der Waals surface area contributed by atoms with Crippen molar-refractivity contribution in [1.82, 2.24) is 9.97 Å². The van der Waals surface area contributed by atoms with Crippen molar-refractivity contribution in [2.75, 3.05) is 0 Å². The summed E-state index contributed by atoms with van der Waals surface area (Å²) in [6, 6.07) is 20.0. The summed E-state index contributed by atoms with van der Waals surface area (Å²) in [7, 11) is 0. The minimum atomic E-state index is 1.03. The van der Waals surface area contributed by atoms with Gasteiger partial charge in [0.1, 0.15) is 0 Å². The standard InChI is InChI=1S/C12H11N.C5H5N/c1-10-7-8-12(13-9-10)11-5-3-2-4-6-11;1-2-4-6-5-3-1/h2-9H,1H3;1-5H. The van der Waals surface area contributed by atoms with Crippen LogP contribution in [0.1, 0.15) is 5.56 Å². The monoisotopic (exact) mass is 248 g/mol. The van der Waals surface area contributed by atoms with Crippen molar-refractivity contribution in [3.05, 3.63) is 84.8 Å². The van der Waals surface area contributed by atoms with Crippen LogP contribution in [0.3, 0.4) is 0 Å². The van der Waals surface area contributed by atoms with E-state index in [0.717, 1.165) is 5.69 Å². The van der Waals surface area contributed by atoms with Crippen molar-refractivity contribution in [1.29, 1.82) is 0 Å². The van der Waals surface area contributed by atoms with E-state index in [2.05, 4.69) is 28.2 Å². The fraction of sp³-hybridized carbons (Fsp3) is 0.0588. The Bertz CT molecular complexity index is 548. The topological polar surface area (TPSA) is 25.8 Å². The molecule has 0 aliphatic rings. The summed E-state index contributed by atoms with van der Waals surface area (Å²) >= 11 is 0. The predicted molar refractivity (Wildman–Crippen MR) is 78.6 cm³/mol. The summed E-state index contributed by atoms with van der Waals surface area (Å²) in [5.74, 6) is 0. The molecule has 0 atom stereocenters. The molecular formula is C17H16N2. The minimum absolute atomic E-state index is 1.03. The first-order valence-electron chi connectivity index (χ1n) is 6.19. The van der Waals surface area contributed by atoms with E-state index in [1.165, 1.54) is 11.1 Å². The molecule has 19 heavy (non-hydrogen) atoms. The second-order valence-electron chi connectivity index (χ2n) is 4.11. The first-order chi connectivity index (χ1) is 9.36. The number of hydrogen-bond acceptors (Lipinski definition) is 2. The summed E-state index contributed by atoms with van der Waals surface area (Å²) in [6.45, 7) is 2.04. The Kier molecular flexibility index (Phi) is 4.82. The van der Waals surface area contributed by atoms with Gasteiger partial charge in [-0.25, -0.2) is 0 Å². The molecule has 3 rings (SSSR count). The van der Waals surface area contributed by atoms with Gasteiger partial charge in [0.05, 0.1) is 5.69 Å². The third-order valence-electron chi connectivity index (χ3n) is 2.55. The Morgan fingerprint density at radius 2 is 1.42 bits per heavy atom. The van der Waals surface area contributed by atoms with Crippen molar-refractivity contribution < 1.29 is 0 Å². The summed E-state index contributed by atoms with van der Waals surface area (Å²) < 4.78 is 0. The largest absolute Gasteiger partial charge is 0.265 e. The highest BCUT2D eigenvalue weighted by atomic mass is 14.7. The molecule has 0 saturated carbocycles. The second kappa shape index (κ2) is 7.07. The molecular weight excluding hydrogens is 232 g/mol. The van der Waals surface area contributed by atoms with Crippen LogP contribution >= 0.6 is 0 Å². The highest BCUT2D eigenvalue weighted by Crippen LogP contribution is 2.15. The summed E-state index contributed by atoms with van der Waals surface area (Å²) in [6.07, 6.45) is 5.39. The van der Waals surface area contributed by atoms with Crippen LogP contribution in [-0.4, -0.2) is 9.97 Å². The zero-order valence-electron chi connectivity index (χ0n) is 10.9. The third kappa shape index (κ3) is 4.36. The Morgan fingerprint density at radius 3 is 1.89 bits per heavy atom. The minimum Gasteiger partial charge on any atom is -0.265 e. The van der Waals surface area contributed by atoms with E-state index in [1.54, 1.807) is 12.4 Å². The van der Waals surface area contributed by atoms with Gasteiger partial charge >= 0.3 is 0 Å². The lowest BCUT2D eigenvalue weighted by Gasteiger charge is -1.99. The molecule has 0 saturated heterocycles. The molecule has 0 bridgehead atoms. The third-order valence-corrected chi connectivity index (χ3v) is 2.55. The van der Waals surface area contributed by atoms with E-state index in [1.807, 2.05) is 55.6 Å². The number of aromatic nitrogens is 2. The zero-order valence-corrected chi connectivity index (χ0v) is 10.9. The van der Waals surface area contributed by atoms with Gasteiger partial charge in [0.15, 0.2) is 0 Å². The molecule has 0 unspecified atom stereocenters. The number of hydrogen-bond donors (Lipinski definition) is 0. The Labute approximate surface area is 113 Å². The Morgan fingerprint density at radius 1 is 0.737 bits per heavy atom. The number of pyridine rings is 2. The summed E-state index contributed by atoms with van der Waals surface area (Å²) in [4.78, 5) is 8.13. The Balaban J connectivity index is 0.000000186. The van der Waals surface area contributed by atoms with E-state index in [-0.39, 0.29) is 0 Å². The smallest absolute Gasteiger partial charge is 0.0702 e. The van der Waals surface area contributed by atoms with Gasteiger partial charge in [0, 0.05) is 24.2 Å². The lowest BCUT2D eigenvalue weighted by molar-refractivity contribution is 1.27. The fourth-order valence-electron chi connectivity index (χ4n) is 1.56. The lowest BCUT2D eigenvalue weighted by Crippen LogP contribution is -1.82. The van der Waals surface area contributed by atoms with Crippen molar-refractivity contribution in [3.8, 4) is 11.3 Å². The van der Waals surface area contributed by atoms with E-state index in [0.29, 0.717) is 0 Å². The van der Waals surface area contributed by atoms with Gasteiger partial charge in [-0.1, -0.05) is 42.5 Å². The maximum atomic E-state index is 4.35. The van der Waals surface area contributed by atoms with Crippen LogP contribution < -0.4 is 0 Å². The molecule has 0 aliphatic heterocycles. The molecule has 0 radical (unpaired) electrons. The van der Waals surface area contributed by atoms with Crippen LogP contribution in [-0.2, 0) is 0 Å². The molecule has 2 aromatic heterocycles. The first-order valence-corrected chi connectivity index (χ1v) is 6.19. The number of benzene rings is 1. The van der Waals surface area contributed by atoms with Crippen LogP contribution in [0.4, 0.5) is 0 Å². The van der Waals surface area contributed by atoms with Crippen LogP contribution in [0.5, 0.6) is 0 Å². The summed E-state index contributed by atoms with van der Waals surface area (Å²) in [5, 5.41) is 0. The van der Waals surface area contributed by atoms with Crippen LogP contribution in [0.25, 0.3) is 11.3 Å². The maximum absolute atomic E-state index is 4.35. The van der Waals surface area contributed by atoms with Crippen molar-refractivity contribution in [2.24, 2.45) is 0 Å². The molecule has 0 fully saturated rings. The van der Waals surface area contributed by atoms with Gasteiger partial charge in [0.25, 0.3) is 0 Å². The fourth-order valence-corrected chi connectivity index (χ4v) is 1.56. The van der Waals surface area contributed by atoms with Crippen molar-refractivity contribution in [3.63, 3.8) is 0 Å². The molecule has 2 nitrogen and oxygen atoms in total. The van der Waals surface area contributed by atoms with Crippen LogP contribution in [0, 0.1) is 6.92 Å². The number of nitrogens with zero attached hydrogens (tertiary/aromatic N) is 2. The van der Waals surface area contributed by atoms with Crippen molar-refractivity contribution in [2.45, 2.75) is 6.92 Å². The van der Waals surface area contributed by atoms with E-state index in [4.69, 9.17) is 0 Å². The van der Waals surface area contributed by atoms with E-state index >= 15 is 0 Å². The molecule has 0 aliphatic carbocycles. The molecule has 0 amide bonds. The first kappa shape index (κ1) is 13.0. The average Bonchev–Trinajstić information content (AvgIpc) is 2.51. The normalized spacial score (nSPS) is 9.32. The number of aryl methyl sites for hydroxylation is 1. The highest BCUT2D eigenvalue weighted by Gasteiger charge is 1.95. The number of rotatable bonds is 1. The average molecular weight is 248 g/mol. The highest BCUT2D eigenvalue weighted by molar-refractivity contribution is 5.58. The van der Waals surface area contributed by atoms with Gasteiger partial charge < -0.3 is 0 Å². The summed E-state index contributed by atoms with van der Waals surface area (Å²) in [5.41, 5.74) is 3.40. The molecule has 1 aromatic carbocycles. The van der Waals surface area contributed by atoms with E-state index in [9.17, 15) is 0 Å². The molecule has 3 aromatic rings. The molecule has 0 spiro atoms.